The molecule has 0 heterocycles. The molecular formula is C2H7OS2-. The van der Waals surface area contributed by atoms with Gasteiger partial charge in [0.1, 0.15) is 0 Å². The molecule has 34 valence electrons. The Balaban J connectivity index is -0.0000000450. The summed E-state index contributed by atoms with van der Waals surface area (Å²) in [5.74, 6) is 0.569. The molecule has 0 saturated heterocycles. The van der Waals surface area contributed by atoms with E-state index in [1.807, 2.05) is 0 Å². The summed E-state index contributed by atoms with van der Waals surface area (Å²) in [7, 11) is 0. The Bertz CT molecular complexity index is 13.5. The van der Waals surface area contributed by atoms with Crippen LogP contribution in [0, 0.1) is 0 Å². The molecule has 3 heteroatoms. The lowest BCUT2D eigenvalue weighted by atomic mass is 10.9. The topological polar surface area (TPSA) is 20.2 Å². The Hall–Kier alpha value is 0.660. The first-order chi connectivity index (χ1) is 1.91. The average molecular weight is 111 g/mol. The van der Waals surface area contributed by atoms with Crippen LogP contribution in [0.3, 0.4) is 0 Å². The van der Waals surface area contributed by atoms with Crippen LogP contribution in [0.15, 0.2) is 0 Å². The molecule has 0 aromatic heterocycles. The summed E-state index contributed by atoms with van der Waals surface area (Å²) in [6, 6.07) is 0. The second kappa shape index (κ2) is 8.82. The molecule has 0 aliphatic rings. The molecule has 0 aliphatic heterocycles. The van der Waals surface area contributed by atoms with E-state index in [4.69, 9.17) is 5.11 Å². The van der Waals surface area contributed by atoms with Gasteiger partial charge < -0.3 is 18.6 Å². The summed E-state index contributed by atoms with van der Waals surface area (Å²) in [6.45, 7) is 0.184. The first-order valence-corrected chi connectivity index (χ1v) is 1.76. The molecule has 0 aromatic rings. The van der Waals surface area contributed by atoms with Gasteiger partial charge in [0.05, 0.1) is 6.61 Å². The second-order valence-corrected chi connectivity index (χ2v) is 0.894. The van der Waals surface area contributed by atoms with E-state index in [1.54, 1.807) is 0 Å². The summed E-state index contributed by atoms with van der Waals surface area (Å²) >= 11 is 3.67. The zero-order chi connectivity index (χ0) is 3.41. The molecule has 0 radical (unpaired) electrons. The highest BCUT2D eigenvalue weighted by Gasteiger charge is 1.57. The van der Waals surface area contributed by atoms with Crippen molar-refractivity contribution in [3.63, 3.8) is 0 Å². The van der Waals surface area contributed by atoms with Gasteiger partial charge in [-0.25, -0.2) is 0 Å². The van der Waals surface area contributed by atoms with E-state index in [-0.39, 0.29) is 21.5 Å². The van der Waals surface area contributed by atoms with Gasteiger partial charge in [-0.05, 0) is 0 Å². The Morgan fingerprint density at radius 1 is 1.80 bits per heavy atom. The van der Waals surface area contributed by atoms with Crippen LogP contribution in [0.5, 0.6) is 0 Å². The minimum absolute atomic E-state index is 0. The van der Waals surface area contributed by atoms with E-state index in [1.165, 1.54) is 0 Å². The average Bonchev–Trinajstić information content (AvgIpc) is 1.37. The maximum Gasteiger partial charge on any atom is 1.00 e. The molecule has 1 nitrogen and oxygen atoms in total. The molecule has 0 unspecified atom stereocenters. The molecule has 0 fully saturated rings. The largest absolute Gasteiger partial charge is 2.00 e. The van der Waals surface area contributed by atoms with E-state index in [0.717, 1.165) is 0 Å². The Kier molecular flexibility index (Phi) is 16.2. The van der Waals surface area contributed by atoms with Gasteiger partial charge >= 0.3 is 1.43 Å². The van der Waals surface area contributed by atoms with Crippen molar-refractivity contribution >= 4 is 26.1 Å². The minimum Gasteiger partial charge on any atom is -2.00 e. The van der Waals surface area contributed by atoms with Crippen LogP contribution in [-0.4, -0.2) is 17.5 Å². The quantitative estimate of drug-likeness (QED) is 0.457. The number of hydrogen-bond acceptors (Lipinski definition) is 2. The molecule has 0 aromatic carbocycles. The first-order valence-electron chi connectivity index (χ1n) is 1.13. The fourth-order valence-electron chi connectivity index (χ4n) is 0. The van der Waals surface area contributed by atoms with Gasteiger partial charge in [-0.15, -0.1) is 0 Å². The zero-order valence-corrected chi connectivity index (χ0v) is 4.43. The lowest BCUT2D eigenvalue weighted by Gasteiger charge is -2.00. The zero-order valence-electron chi connectivity index (χ0n) is 3.72. The van der Waals surface area contributed by atoms with Crippen molar-refractivity contribution in [3.8, 4) is 0 Å². The van der Waals surface area contributed by atoms with E-state index < -0.39 is 0 Å². The first kappa shape index (κ1) is 9.18. The van der Waals surface area contributed by atoms with Crippen LogP contribution in [-0.2, 0) is 13.5 Å². The molecule has 0 saturated carbocycles. The smallest absolute Gasteiger partial charge is 1.00 e. The Morgan fingerprint density at radius 3 is 2.00 bits per heavy atom. The number of rotatable bonds is 1. The molecule has 0 bridgehead atoms. The highest BCUT2D eigenvalue weighted by Crippen LogP contribution is 1.61. The third kappa shape index (κ3) is 12.0. The third-order valence-electron chi connectivity index (χ3n) is 0.1000. The normalized spacial score (nSPS) is 6.00. The predicted octanol–water partition coefficient (Wildman–Crippen LogP) is 0.0186. The molecule has 0 spiro atoms. The SMILES string of the molecule is OCCS.[H+].[S-2]. The van der Waals surface area contributed by atoms with E-state index >= 15 is 0 Å². The second-order valence-electron chi connectivity index (χ2n) is 0.447. The molecule has 0 rings (SSSR count). The van der Waals surface area contributed by atoms with Crippen LogP contribution in [0.25, 0.3) is 0 Å². The van der Waals surface area contributed by atoms with Crippen molar-refractivity contribution in [1.29, 1.82) is 0 Å². The molecule has 0 atom stereocenters. The van der Waals surface area contributed by atoms with E-state index in [2.05, 4.69) is 12.6 Å². The van der Waals surface area contributed by atoms with Crippen LogP contribution in [0.1, 0.15) is 1.43 Å². The molecular weight excluding hydrogens is 104 g/mol. The van der Waals surface area contributed by atoms with Crippen molar-refractivity contribution in [2.75, 3.05) is 12.4 Å². The van der Waals surface area contributed by atoms with Gasteiger partial charge in [0.15, 0.2) is 0 Å². The van der Waals surface area contributed by atoms with Gasteiger partial charge in [-0.1, -0.05) is 0 Å². The maximum atomic E-state index is 7.80. The van der Waals surface area contributed by atoms with E-state index in [0.29, 0.717) is 5.75 Å². The minimum atomic E-state index is 0. The van der Waals surface area contributed by atoms with Gasteiger partial charge in [-0.3, -0.25) is 0 Å². The molecule has 0 aliphatic carbocycles. The predicted molar refractivity (Wildman–Crippen MR) is 29.4 cm³/mol. The number of aliphatic hydroxyl groups excluding tert-OH is 1. The standard InChI is InChI=1S/C2H6OS.S/c3-1-2-4;/h3-4H,1-2H2;/q;-2/p+1. The fraction of sp³-hybridized carbons (Fsp3) is 1.00. The molecule has 1 N–H and O–H groups in total. The third-order valence-corrected chi connectivity index (χ3v) is 0.300. The number of aliphatic hydroxyl groups is 1. The van der Waals surface area contributed by atoms with Crippen LogP contribution in [0.2, 0.25) is 0 Å². The number of hydrogen-bond donors (Lipinski definition) is 2. The van der Waals surface area contributed by atoms with Crippen LogP contribution >= 0.6 is 12.6 Å². The highest BCUT2D eigenvalue weighted by molar-refractivity contribution is 7.80. The van der Waals surface area contributed by atoms with Gasteiger partial charge in [0.2, 0.25) is 0 Å². The van der Waals surface area contributed by atoms with Crippen molar-refractivity contribution in [3.05, 3.63) is 0 Å². The van der Waals surface area contributed by atoms with Crippen molar-refractivity contribution in [2.24, 2.45) is 0 Å². The van der Waals surface area contributed by atoms with Gasteiger partial charge in [0.25, 0.3) is 0 Å². The number of thiol groups is 1. The Morgan fingerprint density at radius 2 is 2.00 bits per heavy atom. The van der Waals surface area contributed by atoms with Crippen LogP contribution < -0.4 is 0 Å². The van der Waals surface area contributed by atoms with Crippen molar-refractivity contribution in [1.82, 2.24) is 0 Å². The summed E-state index contributed by atoms with van der Waals surface area (Å²) in [4.78, 5) is 0. The summed E-state index contributed by atoms with van der Waals surface area (Å²) in [5, 5.41) is 7.80. The fourth-order valence-corrected chi connectivity index (χ4v) is 0. The summed E-state index contributed by atoms with van der Waals surface area (Å²) in [6.07, 6.45) is 0. The van der Waals surface area contributed by atoms with E-state index in [9.17, 15) is 0 Å². The molecule has 0 amide bonds. The highest BCUT2D eigenvalue weighted by atomic mass is 32.1. The van der Waals surface area contributed by atoms with Crippen molar-refractivity contribution < 1.29 is 6.53 Å². The Labute approximate surface area is 45.7 Å². The van der Waals surface area contributed by atoms with Crippen LogP contribution in [0.4, 0.5) is 0 Å². The lowest BCUT2D eigenvalue weighted by Crippen LogP contribution is -1.76. The maximum absolute atomic E-state index is 7.80. The lowest BCUT2D eigenvalue weighted by molar-refractivity contribution is 0.323. The van der Waals surface area contributed by atoms with Crippen molar-refractivity contribution in [2.45, 2.75) is 0 Å². The summed E-state index contributed by atoms with van der Waals surface area (Å²) < 4.78 is 0. The van der Waals surface area contributed by atoms with Gasteiger partial charge in [0, 0.05) is 5.75 Å². The monoisotopic (exact) mass is 111 g/mol. The molecule has 5 heavy (non-hydrogen) atoms. The van der Waals surface area contributed by atoms with Gasteiger partial charge in [-0.2, -0.15) is 12.6 Å². The summed E-state index contributed by atoms with van der Waals surface area (Å²) in [5.41, 5.74) is 0.